The Hall–Kier alpha value is -4.53. The normalized spacial score (nSPS) is 11.1. The van der Waals surface area contributed by atoms with Crippen LogP contribution in [0.25, 0.3) is 39.2 Å². The third-order valence-corrected chi connectivity index (χ3v) is 5.88. The van der Waals surface area contributed by atoms with Crippen molar-refractivity contribution in [2.45, 2.75) is 20.3 Å². The van der Waals surface area contributed by atoms with Gasteiger partial charge < -0.3 is 9.47 Å². The molecule has 9 nitrogen and oxygen atoms in total. The number of methoxy groups -OCH3 is 1. The second-order valence-corrected chi connectivity index (χ2v) is 7.82. The Bertz CT molecular complexity index is 1490. The molecule has 0 atom stereocenters. The van der Waals surface area contributed by atoms with Crippen molar-refractivity contribution in [2.75, 3.05) is 13.7 Å². The van der Waals surface area contributed by atoms with Gasteiger partial charge in [0.15, 0.2) is 5.82 Å². The minimum atomic E-state index is -0.423. The number of nitrogens with zero attached hydrogens (tertiary/aromatic N) is 5. The van der Waals surface area contributed by atoms with Crippen LogP contribution in [0.3, 0.4) is 0 Å². The smallest absolute Gasteiger partial charge is 0.340 e. The molecule has 0 spiro atoms. The number of carbonyl (C=O) groups excluding carboxylic acids is 1. The van der Waals surface area contributed by atoms with Crippen LogP contribution in [0.2, 0.25) is 0 Å². The Morgan fingerprint density at radius 1 is 1.00 bits per heavy atom. The first-order chi connectivity index (χ1) is 17.2. The van der Waals surface area contributed by atoms with E-state index >= 15 is 0 Å². The Kier molecular flexibility index (Phi) is 5.97. The summed E-state index contributed by atoms with van der Waals surface area (Å²) in [6.45, 7) is 4.40. The maximum Gasteiger partial charge on any atom is 0.340 e. The monoisotopic (exact) mass is 468 g/mol. The molecule has 0 bridgehead atoms. The van der Waals surface area contributed by atoms with Gasteiger partial charge in [-0.15, -0.1) is 5.10 Å². The number of aryl methyl sites for hydroxylation is 1. The van der Waals surface area contributed by atoms with Gasteiger partial charge in [-0.1, -0.05) is 49.4 Å². The highest BCUT2D eigenvalue weighted by molar-refractivity contribution is 6.04. The van der Waals surface area contributed by atoms with E-state index in [0.29, 0.717) is 29.5 Å². The van der Waals surface area contributed by atoms with Gasteiger partial charge in [0, 0.05) is 5.56 Å². The zero-order chi connectivity index (χ0) is 24.4. The van der Waals surface area contributed by atoms with Crippen LogP contribution in [0.5, 0.6) is 6.01 Å². The number of H-pyrrole nitrogens is 1. The van der Waals surface area contributed by atoms with Crippen molar-refractivity contribution in [2.24, 2.45) is 0 Å². The van der Waals surface area contributed by atoms with E-state index in [2.05, 4.69) is 27.5 Å². The predicted molar refractivity (Wildman–Crippen MR) is 132 cm³/mol. The summed E-state index contributed by atoms with van der Waals surface area (Å²) in [5.74, 6) is 0.173. The predicted octanol–water partition coefficient (Wildman–Crippen LogP) is 4.62. The van der Waals surface area contributed by atoms with Gasteiger partial charge in [-0.3, -0.25) is 4.57 Å². The van der Waals surface area contributed by atoms with Gasteiger partial charge in [-0.2, -0.15) is 4.98 Å². The van der Waals surface area contributed by atoms with Gasteiger partial charge in [-0.05, 0) is 58.7 Å². The highest BCUT2D eigenvalue weighted by Gasteiger charge is 2.23. The summed E-state index contributed by atoms with van der Waals surface area (Å²) in [7, 11) is 1.38. The molecule has 3 aromatic carbocycles. The summed E-state index contributed by atoms with van der Waals surface area (Å²) in [5.41, 5.74) is 6.55. The first-order valence-electron chi connectivity index (χ1n) is 11.4. The van der Waals surface area contributed by atoms with Crippen LogP contribution in [-0.2, 0) is 11.2 Å². The number of tetrazole rings is 1. The zero-order valence-corrected chi connectivity index (χ0v) is 19.6. The number of nitrogens with one attached hydrogen (secondary N) is 1. The quantitative estimate of drug-likeness (QED) is 0.347. The Balaban J connectivity index is 1.68. The molecule has 5 rings (SSSR count). The lowest BCUT2D eigenvalue weighted by atomic mass is 9.99. The number of imidazole rings is 1. The third-order valence-electron chi connectivity index (χ3n) is 5.88. The number of hydrogen-bond donors (Lipinski definition) is 1. The molecule has 2 aromatic heterocycles. The van der Waals surface area contributed by atoms with Gasteiger partial charge in [0.1, 0.15) is 0 Å². The van der Waals surface area contributed by atoms with Crippen LogP contribution in [-0.4, -0.2) is 49.9 Å². The summed E-state index contributed by atoms with van der Waals surface area (Å²) in [6, 6.07) is 20.0. The van der Waals surface area contributed by atoms with E-state index in [1.165, 1.54) is 7.11 Å². The second-order valence-electron chi connectivity index (χ2n) is 7.82. The van der Waals surface area contributed by atoms with Crippen molar-refractivity contribution < 1.29 is 14.3 Å². The lowest BCUT2D eigenvalue weighted by Gasteiger charge is -2.13. The van der Waals surface area contributed by atoms with Crippen molar-refractivity contribution in [1.29, 1.82) is 0 Å². The lowest BCUT2D eigenvalue weighted by Crippen LogP contribution is -2.07. The van der Waals surface area contributed by atoms with Crippen molar-refractivity contribution in [3.63, 3.8) is 0 Å². The number of ether oxygens (including phenoxy) is 2. The molecule has 0 radical (unpaired) electrons. The summed E-state index contributed by atoms with van der Waals surface area (Å²) >= 11 is 0. The van der Waals surface area contributed by atoms with Gasteiger partial charge in [0.05, 0.1) is 36.0 Å². The molecule has 0 fully saturated rings. The summed E-state index contributed by atoms with van der Waals surface area (Å²) in [6.07, 6.45) is 0.771. The van der Waals surface area contributed by atoms with E-state index in [1.807, 2.05) is 66.1 Å². The topological polar surface area (TPSA) is 108 Å². The van der Waals surface area contributed by atoms with Gasteiger partial charge in [-0.25, -0.2) is 9.89 Å². The van der Waals surface area contributed by atoms with E-state index in [0.717, 1.165) is 39.9 Å². The van der Waals surface area contributed by atoms with Crippen molar-refractivity contribution in [3.05, 3.63) is 71.8 Å². The minimum Gasteiger partial charge on any atom is -0.465 e. The number of aromatic amines is 1. The molecule has 0 aliphatic heterocycles. The zero-order valence-electron chi connectivity index (χ0n) is 19.6. The van der Waals surface area contributed by atoms with E-state index in [4.69, 9.17) is 14.5 Å². The highest BCUT2D eigenvalue weighted by Crippen LogP contribution is 2.34. The minimum absolute atomic E-state index is 0.423. The lowest BCUT2D eigenvalue weighted by molar-refractivity contribution is 0.0602. The van der Waals surface area contributed by atoms with E-state index < -0.39 is 5.97 Å². The number of benzene rings is 3. The number of fused-ring (bicyclic) bond motifs is 1. The molecule has 35 heavy (non-hydrogen) atoms. The van der Waals surface area contributed by atoms with E-state index in [9.17, 15) is 4.79 Å². The SMILES string of the molecule is CCOc1nc2c(CC)ccc(C(=O)OC)c2n1-c1ccc(-c2ccccc2-c2nnn[nH]2)cc1. The number of rotatable bonds is 7. The first-order valence-corrected chi connectivity index (χ1v) is 11.4. The average Bonchev–Trinajstić information content (AvgIpc) is 3.57. The molecule has 0 amide bonds. The molecule has 0 saturated carbocycles. The van der Waals surface area contributed by atoms with Crippen LogP contribution in [0.15, 0.2) is 60.7 Å². The molecule has 1 N–H and O–H groups in total. The number of hydrogen-bond acceptors (Lipinski definition) is 7. The largest absolute Gasteiger partial charge is 0.465 e. The molecular weight excluding hydrogens is 444 g/mol. The summed E-state index contributed by atoms with van der Waals surface area (Å²) in [5, 5.41) is 14.3. The van der Waals surface area contributed by atoms with Crippen molar-refractivity contribution in [3.8, 4) is 34.2 Å². The molecule has 5 aromatic rings. The van der Waals surface area contributed by atoms with Crippen molar-refractivity contribution >= 4 is 17.0 Å². The standard InChI is InChI=1S/C26H24N6O3/c1-4-16-12-15-21(25(33)34-3)23-22(16)27-26(35-5-2)32(23)18-13-10-17(11-14-18)19-8-6-7-9-20(19)24-28-30-31-29-24/h6-15H,4-5H2,1-3H3,(H,28,29,30,31). The highest BCUT2D eigenvalue weighted by atomic mass is 16.5. The molecule has 0 aliphatic carbocycles. The average molecular weight is 469 g/mol. The van der Waals surface area contributed by atoms with Crippen LogP contribution < -0.4 is 4.74 Å². The summed E-state index contributed by atoms with van der Waals surface area (Å²) < 4.78 is 12.8. The van der Waals surface area contributed by atoms with Crippen molar-refractivity contribution in [1.82, 2.24) is 30.2 Å². The number of esters is 1. The van der Waals surface area contributed by atoms with Gasteiger partial charge in [0.2, 0.25) is 0 Å². The fraction of sp³-hybridized carbons (Fsp3) is 0.192. The molecular formula is C26H24N6O3. The second kappa shape index (κ2) is 9.38. The van der Waals surface area contributed by atoms with E-state index in [-0.39, 0.29) is 0 Å². The van der Waals surface area contributed by atoms with Crippen LogP contribution in [0.4, 0.5) is 0 Å². The van der Waals surface area contributed by atoms with Crippen LogP contribution in [0.1, 0.15) is 29.8 Å². The molecule has 9 heteroatoms. The Morgan fingerprint density at radius 2 is 1.77 bits per heavy atom. The molecule has 2 heterocycles. The van der Waals surface area contributed by atoms with E-state index in [1.54, 1.807) is 6.07 Å². The molecule has 0 aliphatic rings. The number of aromatic nitrogens is 6. The number of carbonyl (C=O) groups is 1. The van der Waals surface area contributed by atoms with Gasteiger partial charge >= 0.3 is 12.0 Å². The maximum atomic E-state index is 12.6. The fourth-order valence-corrected chi connectivity index (χ4v) is 4.24. The molecule has 176 valence electrons. The Labute approximate surface area is 201 Å². The Morgan fingerprint density at radius 3 is 2.43 bits per heavy atom. The van der Waals surface area contributed by atoms with Gasteiger partial charge in [0.25, 0.3) is 0 Å². The first kappa shape index (κ1) is 22.3. The maximum absolute atomic E-state index is 12.6. The molecule has 0 saturated heterocycles. The third kappa shape index (κ3) is 3.90. The summed E-state index contributed by atoms with van der Waals surface area (Å²) in [4.78, 5) is 17.4. The fourth-order valence-electron chi connectivity index (χ4n) is 4.24. The molecule has 0 unspecified atom stereocenters. The van der Waals surface area contributed by atoms with Crippen LogP contribution in [0, 0.1) is 0 Å². The van der Waals surface area contributed by atoms with Crippen LogP contribution >= 0.6 is 0 Å².